The number of nitrogens with one attached hydrogen (secondary N) is 1. The second-order valence-corrected chi connectivity index (χ2v) is 17.0. The van der Waals surface area contributed by atoms with Gasteiger partial charge in [-0.15, -0.1) is 0 Å². The van der Waals surface area contributed by atoms with Gasteiger partial charge in [0.15, 0.2) is 8.24 Å². The normalized spacial score (nSPS) is 13.3. The molecule has 0 radical (unpaired) electrons. The number of fused-ring (bicyclic) bond motifs is 1. The van der Waals surface area contributed by atoms with Crippen LogP contribution in [0.15, 0.2) is 48.8 Å². The number of benzene rings is 1. The molecule has 198 valence electrons. The fourth-order valence-electron chi connectivity index (χ4n) is 6.28. The number of halogens is 2. The van der Waals surface area contributed by atoms with E-state index in [-0.39, 0.29) is 0 Å². The lowest BCUT2D eigenvalue weighted by molar-refractivity contribution is 0.211. The summed E-state index contributed by atoms with van der Waals surface area (Å²) < 4.78 is 18.4. The SMILES string of the molecule is CC(C)[Si](C(C)C)(C(C)C)n1cc(C(O)c2cc(NCc3cccc(Cl)c3)nn2C)c2cc(F)cnc21. The average molecular weight is 542 g/mol. The van der Waals surface area contributed by atoms with Crippen molar-refractivity contribution >= 4 is 36.7 Å². The van der Waals surface area contributed by atoms with E-state index >= 15 is 0 Å². The lowest BCUT2D eigenvalue weighted by Gasteiger charge is -2.44. The molecule has 9 heteroatoms. The first-order valence-corrected chi connectivity index (χ1v) is 15.4. The second kappa shape index (κ2) is 10.6. The smallest absolute Gasteiger partial charge is 0.171 e. The van der Waals surface area contributed by atoms with Crippen LogP contribution in [0.25, 0.3) is 11.0 Å². The highest BCUT2D eigenvalue weighted by atomic mass is 35.5. The molecule has 3 aromatic heterocycles. The minimum atomic E-state index is -2.20. The zero-order valence-electron chi connectivity index (χ0n) is 22.6. The molecule has 1 unspecified atom stereocenters. The number of hydrogen-bond acceptors (Lipinski definition) is 4. The van der Waals surface area contributed by atoms with E-state index < -0.39 is 20.2 Å². The van der Waals surface area contributed by atoms with Gasteiger partial charge < -0.3 is 14.7 Å². The summed E-state index contributed by atoms with van der Waals surface area (Å²) in [7, 11) is -0.398. The highest BCUT2D eigenvalue weighted by molar-refractivity contribution is 6.82. The van der Waals surface area contributed by atoms with Crippen LogP contribution in [0.5, 0.6) is 0 Å². The van der Waals surface area contributed by atoms with Crippen LogP contribution in [0.3, 0.4) is 0 Å². The Morgan fingerprint density at radius 1 is 1.05 bits per heavy atom. The monoisotopic (exact) mass is 541 g/mol. The molecule has 0 bridgehead atoms. The maximum Gasteiger partial charge on any atom is 0.171 e. The minimum Gasteiger partial charge on any atom is -0.382 e. The van der Waals surface area contributed by atoms with Crippen molar-refractivity contribution in [2.45, 2.75) is 70.8 Å². The van der Waals surface area contributed by atoms with Gasteiger partial charge in [0.25, 0.3) is 0 Å². The van der Waals surface area contributed by atoms with Crippen molar-refractivity contribution in [1.29, 1.82) is 0 Å². The second-order valence-electron chi connectivity index (χ2n) is 10.8. The number of pyridine rings is 1. The molecule has 0 fully saturated rings. The van der Waals surface area contributed by atoms with Gasteiger partial charge in [-0.25, -0.2) is 9.37 Å². The van der Waals surface area contributed by atoms with Crippen LogP contribution in [0.2, 0.25) is 21.6 Å². The molecule has 1 aromatic carbocycles. The molecule has 6 nitrogen and oxygen atoms in total. The highest BCUT2D eigenvalue weighted by Crippen LogP contribution is 2.45. The number of nitrogens with zero attached hydrogens (tertiary/aromatic N) is 4. The molecule has 0 aliphatic heterocycles. The van der Waals surface area contributed by atoms with E-state index in [1.807, 2.05) is 36.5 Å². The summed E-state index contributed by atoms with van der Waals surface area (Å²) in [6, 6.07) is 11.0. The molecule has 0 saturated carbocycles. The Morgan fingerprint density at radius 2 is 1.73 bits per heavy atom. The predicted molar refractivity (Wildman–Crippen MR) is 152 cm³/mol. The number of hydrogen-bond donors (Lipinski definition) is 2. The zero-order valence-corrected chi connectivity index (χ0v) is 24.4. The largest absolute Gasteiger partial charge is 0.382 e. The first-order chi connectivity index (χ1) is 17.5. The number of aromatic nitrogens is 4. The fourth-order valence-corrected chi connectivity index (χ4v) is 13.1. The molecule has 4 rings (SSSR count). The van der Waals surface area contributed by atoms with Gasteiger partial charge in [-0.3, -0.25) is 4.68 Å². The van der Waals surface area contributed by atoms with Gasteiger partial charge in [0.05, 0.1) is 11.9 Å². The van der Waals surface area contributed by atoms with Crippen molar-refractivity contribution in [3.8, 4) is 0 Å². The Kier molecular flexibility index (Phi) is 7.83. The van der Waals surface area contributed by atoms with Crippen LogP contribution >= 0.6 is 11.6 Å². The molecule has 0 aliphatic rings. The number of aliphatic hydroxyl groups is 1. The average Bonchev–Trinajstić information content (AvgIpc) is 3.37. The summed E-state index contributed by atoms with van der Waals surface area (Å²) in [5, 5.41) is 20.8. The third-order valence-corrected chi connectivity index (χ3v) is 14.6. The number of anilines is 1. The summed E-state index contributed by atoms with van der Waals surface area (Å²) in [5.41, 5.74) is 4.27. The van der Waals surface area contributed by atoms with Crippen LogP contribution in [-0.4, -0.2) is 32.3 Å². The summed E-state index contributed by atoms with van der Waals surface area (Å²) >= 11 is 6.10. The van der Waals surface area contributed by atoms with Crippen molar-refractivity contribution in [1.82, 2.24) is 19.0 Å². The van der Waals surface area contributed by atoms with Crippen LogP contribution in [0, 0.1) is 5.82 Å². The third-order valence-electron chi connectivity index (χ3n) is 7.69. The number of rotatable bonds is 9. The van der Waals surface area contributed by atoms with Crippen LogP contribution in [0.4, 0.5) is 10.2 Å². The number of aryl methyl sites for hydroxylation is 1. The van der Waals surface area contributed by atoms with Gasteiger partial charge in [0.1, 0.15) is 23.4 Å². The van der Waals surface area contributed by atoms with E-state index in [1.165, 1.54) is 12.3 Å². The molecular weight excluding hydrogens is 505 g/mol. The van der Waals surface area contributed by atoms with Gasteiger partial charge in [-0.2, -0.15) is 5.10 Å². The van der Waals surface area contributed by atoms with Crippen molar-refractivity contribution in [2.75, 3.05) is 5.32 Å². The topological polar surface area (TPSA) is 67.9 Å². The lowest BCUT2D eigenvalue weighted by atomic mass is 10.1. The van der Waals surface area contributed by atoms with E-state index in [9.17, 15) is 9.50 Å². The molecule has 0 saturated heterocycles. The van der Waals surface area contributed by atoms with E-state index in [0.29, 0.717) is 50.7 Å². The molecule has 1 atom stereocenters. The fraction of sp³-hybridized carbons (Fsp3) is 0.429. The van der Waals surface area contributed by atoms with Gasteiger partial charge in [-0.1, -0.05) is 65.3 Å². The maximum atomic E-state index is 14.5. The molecule has 0 aliphatic carbocycles. The van der Waals surface area contributed by atoms with Crippen molar-refractivity contribution in [2.24, 2.45) is 7.05 Å². The molecule has 4 aromatic rings. The van der Waals surface area contributed by atoms with Crippen LogP contribution in [-0.2, 0) is 13.6 Å². The van der Waals surface area contributed by atoms with Gasteiger partial charge in [0, 0.05) is 41.8 Å². The molecule has 0 spiro atoms. The zero-order chi connectivity index (χ0) is 27.1. The minimum absolute atomic E-state index is 0.416. The van der Waals surface area contributed by atoms with Gasteiger partial charge in [0.2, 0.25) is 0 Å². The highest BCUT2D eigenvalue weighted by Gasteiger charge is 2.46. The van der Waals surface area contributed by atoms with Gasteiger partial charge >= 0.3 is 0 Å². The Labute approximate surface area is 224 Å². The Hall–Kier alpha value is -2.68. The lowest BCUT2D eigenvalue weighted by Crippen LogP contribution is -2.51. The van der Waals surface area contributed by atoms with Crippen molar-refractivity contribution < 1.29 is 9.50 Å². The van der Waals surface area contributed by atoms with Crippen LogP contribution in [0.1, 0.15) is 64.5 Å². The summed E-state index contributed by atoms with van der Waals surface area (Å²) in [6.45, 7) is 14.2. The summed E-state index contributed by atoms with van der Waals surface area (Å²) in [5.74, 6) is 0.221. The Morgan fingerprint density at radius 3 is 2.35 bits per heavy atom. The number of aliphatic hydroxyl groups excluding tert-OH is 1. The standard InChI is InChI=1S/C28H37ClFN5OSi/c1-17(2)37(18(3)4,19(5)6)35-16-24(23-12-22(30)15-32-28(23)35)27(36)25-13-26(33-34(25)7)31-14-20-9-8-10-21(29)11-20/h8-13,15-19,27,36H,14H2,1-7H3,(H,31,33). The van der Waals surface area contributed by atoms with E-state index in [4.69, 9.17) is 11.6 Å². The maximum absolute atomic E-state index is 14.5. The van der Waals surface area contributed by atoms with E-state index in [1.54, 1.807) is 11.7 Å². The van der Waals surface area contributed by atoms with Gasteiger partial charge in [-0.05, 0) is 40.4 Å². The molecular formula is C28H37ClFN5OSi. The Balaban J connectivity index is 1.77. The van der Waals surface area contributed by atoms with E-state index in [2.05, 4.69) is 61.2 Å². The van der Waals surface area contributed by atoms with Crippen LogP contribution < -0.4 is 5.32 Å². The molecule has 37 heavy (non-hydrogen) atoms. The van der Waals surface area contributed by atoms with E-state index in [0.717, 1.165) is 11.2 Å². The summed E-state index contributed by atoms with van der Waals surface area (Å²) in [6.07, 6.45) is 2.31. The first-order valence-electron chi connectivity index (χ1n) is 12.8. The molecule has 2 N–H and O–H groups in total. The third kappa shape index (κ3) is 4.94. The predicted octanol–water partition coefficient (Wildman–Crippen LogP) is 7.28. The quantitative estimate of drug-likeness (QED) is 0.218. The molecule has 0 amide bonds. The van der Waals surface area contributed by atoms with Crippen molar-refractivity contribution in [3.63, 3.8) is 0 Å². The van der Waals surface area contributed by atoms with Crippen molar-refractivity contribution in [3.05, 3.63) is 76.5 Å². The first kappa shape index (κ1) is 27.4. The summed E-state index contributed by atoms with van der Waals surface area (Å²) in [4.78, 5) is 4.55. The Bertz CT molecular complexity index is 1370. The molecule has 3 heterocycles.